The van der Waals surface area contributed by atoms with Gasteiger partial charge in [-0.15, -0.1) is 0 Å². The number of carbonyl (C=O) groups excluding carboxylic acids is 1. The van der Waals surface area contributed by atoms with Gasteiger partial charge in [0.25, 0.3) is 0 Å². The molecule has 0 aromatic carbocycles. The van der Waals surface area contributed by atoms with Gasteiger partial charge < -0.3 is 4.52 Å². The Hall–Kier alpha value is -2.17. The van der Waals surface area contributed by atoms with Crippen molar-refractivity contribution in [3.63, 3.8) is 0 Å². The minimum atomic E-state index is -0.188. The lowest BCUT2D eigenvalue weighted by Crippen LogP contribution is -2.04. The summed E-state index contributed by atoms with van der Waals surface area (Å²) in [5.41, 5.74) is 1.56. The van der Waals surface area contributed by atoms with Gasteiger partial charge in [-0.2, -0.15) is 0 Å². The highest BCUT2D eigenvalue weighted by molar-refractivity contribution is 5.87. The standard InChI is InChI=1S/C10H9N3O2/c1-7(14)12-10-6-9(13-15-10)8-2-4-11-5-3-8/h2-6H,1H3,(H,12,14). The second kappa shape index (κ2) is 3.91. The first-order valence-corrected chi connectivity index (χ1v) is 4.40. The van der Waals surface area contributed by atoms with Gasteiger partial charge in [0.05, 0.1) is 0 Å². The first-order chi connectivity index (χ1) is 7.25. The Morgan fingerprint density at radius 2 is 2.13 bits per heavy atom. The largest absolute Gasteiger partial charge is 0.338 e. The van der Waals surface area contributed by atoms with Crippen LogP contribution in [-0.4, -0.2) is 16.0 Å². The third-order valence-electron chi connectivity index (χ3n) is 1.79. The van der Waals surface area contributed by atoms with E-state index in [0.717, 1.165) is 5.56 Å². The molecular formula is C10H9N3O2. The molecule has 0 atom stereocenters. The number of rotatable bonds is 2. The molecule has 2 heterocycles. The topological polar surface area (TPSA) is 68.0 Å². The molecule has 5 nitrogen and oxygen atoms in total. The summed E-state index contributed by atoms with van der Waals surface area (Å²) in [4.78, 5) is 14.6. The molecule has 2 rings (SSSR count). The van der Waals surface area contributed by atoms with Gasteiger partial charge in [-0.3, -0.25) is 15.1 Å². The summed E-state index contributed by atoms with van der Waals surface area (Å²) in [5, 5.41) is 6.33. The number of nitrogens with one attached hydrogen (secondary N) is 1. The highest BCUT2D eigenvalue weighted by Crippen LogP contribution is 2.20. The van der Waals surface area contributed by atoms with Crippen molar-refractivity contribution in [1.82, 2.24) is 10.1 Å². The Balaban J connectivity index is 2.24. The van der Waals surface area contributed by atoms with E-state index in [4.69, 9.17) is 4.52 Å². The van der Waals surface area contributed by atoms with E-state index in [1.165, 1.54) is 6.92 Å². The molecule has 1 N–H and O–H groups in total. The Morgan fingerprint density at radius 3 is 2.80 bits per heavy atom. The van der Waals surface area contributed by atoms with Crippen LogP contribution in [0.3, 0.4) is 0 Å². The molecule has 1 amide bonds. The molecule has 0 aliphatic carbocycles. The first-order valence-electron chi connectivity index (χ1n) is 4.40. The highest BCUT2D eigenvalue weighted by Gasteiger charge is 2.06. The Morgan fingerprint density at radius 1 is 1.40 bits per heavy atom. The molecule has 0 spiro atoms. The van der Waals surface area contributed by atoms with Crippen LogP contribution in [-0.2, 0) is 4.79 Å². The van der Waals surface area contributed by atoms with Gasteiger partial charge in [0.1, 0.15) is 5.69 Å². The molecule has 76 valence electrons. The van der Waals surface area contributed by atoms with E-state index < -0.39 is 0 Å². The fourth-order valence-electron chi connectivity index (χ4n) is 1.17. The zero-order valence-corrected chi connectivity index (χ0v) is 8.10. The summed E-state index contributed by atoms with van der Waals surface area (Å²) in [6.45, 7) is 1.41. The number of amides is 1. The van der Waals surface area contributed by atoms with Gasteiger partial charge in [0, 0.05) is 30.9 Å². The SMILES string of the molecule is CC(=O)Nc1cc(-c2ccncc2)no1. The van der Waals surface area contributed by atoms with Crippen molar-refractivity contribution in [3.8, 4) is 11.3 Å². The monoisotopic (exact) mass is 203 g/mol. The number of aromatic nitrogens is 2. The number of hydrogen-bond acceptors (Lipinski definition) is 4. The van der Waals surface area contributed by atoms with E-state index in [9.17, 15) is 4.79 Å². The fourth-order valence-corrected chi connectivity index (χ4v) is 1.17. The predicted octanol–water partition coefficient (Wildman–Crippen LogP) is 1.69. The minimum Gasteiger partial charge on any atom is -0.338 e. The van der Waals surface area contributed by atoms with Crippen LogP contribution in [0.25, 0.3) is 11.3 Å². The summed E-state index contributed by atoms with van der Waals surface area (Å²) in [7, 11) is 0. The number of hydrogen-bond donors (Lipinski definition) is 1. The summed E-state index contributed by atoms with van der Waals surface area (Å²) in [6.07, 6.45) is 3.34. The average molecular weight is 203 g/mol. The van der Waals surface area contributed by atoms with Crippen LogP contribution in [0.2, 0.25) is 0 Å². The van der Waals surface area contributed by atoms with E-state index in [1.54, 1.807) is 18.5 Å². The molecule has 2 aromatic rings. The normalized spacial score (nSPS) is 9.93. The molecule has 0 saturated carbocycles. The zero-order valence-electron chi connectivity index (χ0n) is 8.10. The van der Waals surface area contributed by atoms with Crippen molar-refractivity contribution >= 4 is 11.8 Å². The summed E-state index contributed by atoms with van der Waals surface area (Å²) in [5.74, 6) is 0.154. The fraction of sp³-hybridized carbons (Fsp3) is 0.100. The van der Waals surface area contributed by atoms with E-state index in [0.29, 0.717) is 11.6 Å². The van der Waals surface area contributed by atoms with Gasteiger partial charge in [-0.05, 0) is 12.1 Å². The maximum atomic E-state index is 10.8. The lowest BCUT2D eigenvalue weighted by Gasteiger charge is -1.92. The second-order valence-electron chi connectivity index (χ2n) is 2.99. The number of nitrogens with zero attached hydrogens (tertiary/aromatic N) is 2. The maximum Gasteiger partial charge on any atom is 0.231 e. The average Bonchev–Trinajstić information content (AvgIpc) is 2.67. The van der Waals surface area contributed by atoms with Gasteiger partial charge in [0.15, 0.2) is 0 Å². The molecular weight excluding hydrogens is 194 g/mol. The van der Waals surface area contributed by atoms with Gasteiger partial charge in [-0.1, -0.05) is 5.16 Å². The number of pyridine rings is 1. The molecule has 0 aliphatic heterocycles. The molecule has 0 bridgehead atoms. The first kappa shape index (κ1) is 9.39. The quantitative estimate of drug-likeness (QED) is 0.806. The molecule has 0 radical (unpaired) electrons. The van der Waals surface area contributed by atoms with E-state index in [-0.39, 0.29) is 5.91 Å². The van der Waals surface area contributed by atoms with Crippen molar-refractivity contribution in [1.29, 1.82) is 0 Å². The van der Waals surface area contributed by atoms with Crippen molar-refractivity contribution in [2.24, 2.45) is 0 Å². The van der Waals surface area contributed by atoms with Crippen LogP contribution in [0.15, 0.2) is 35.1 Å². The Kier molecular flexibility index (Phi) is 2.45. The van der Waals surface area contributed by atoms with E-state index in [2.05, 4.69) is 15.5 Å². The van der Waals surface area contributed by atoms with E-state index >= 15 is 0 Å². The van der Waals surface area contributed by atoms with Crippen LogP contribution in [0.4, 0.5) is 5.88 Å². The van der Waals surface area contributed by atoms with Crippen molar-refractivity contribution in [2.45, 2.75) is 6.92 Å². The molecule has 15 heavy (non-hydrogen) atoms. The molecule has 0 unspecified atom stereocenters. The van der Waals surface area contributed by atoms with Crippen LogP contribution in [0.1, 0.15) is 6.92 Å². The van der Waals surface area contributed by atoms with E-state index in [1.807, 2.05) is 12.1 Å². The van der Waals surface area contributed by atoms with Gasteiger partial charge in [-0.25, -0.2) is 0 Å². The summed E-state index contributed by atoms with van der Waals surface area (Å²) < 4.78 is 4.93. The zero-order chi connectivity index (χ0) is 10.7. The Bertz CT molecular complexity index is 465. The third kappa shape index (κ3) is 2.19. The van der Waals surface area contributed by atoms with Gasteiger partial charge in [0.2, 0.25) is 11.8 Å². The molecule has 0 fully saturated rings. The minimum absolute atomic E-state index is 0.188. The number of anilines is 1. The van der Waals surface area contributed by atoms with Crippen LogP contribution in [0, 0.1) is 0 Å². The molecule has 0 saturated heterocycles. The predicted molar refractivity (Wildman–Crippen MR) is 54.0 cm³/mol. The molecule has 0 aliphatic rings. The van der Waals surface area contributed by atoms with Crippen LogP contribution in [0.5, 0.6) is 0 Å². The lowest BCUT2D eigenvalue weighted by molar-refractivity contribution is -0.114. The lowest BCUT2D eigenvalue weighted by atomic mass is 10.2. The van der Waals surface area contributed by atoms with Crippen molar-refractivity contribution in [2.75, 3.05) is 5.32 Å². The van der Waals surface area contributed by atoms with Gasteiger partial charge >= 0.3 is 0 Å². The highest BCUT2D eigenvalue weighted by atomic mass is 16.5. The maximum absolute atomic E-state index is 10.8. The second-order valence-corrected chi connectivity index (χ2v) is 2.99. The van der Waals surface area contributed by atoms with Crippen LogP contribution >= 0.6 is 0 Å². The van der Waals surface area contributed by atoms with Crippen molar-refractivity contribution in [3.05, 3.63) is 30.6 Å². The third-order valence-corrected chi connectivity index (χ3v) is 1.79. The summed E-state index contributed by atoms with van der Waals surface area (Å²) >= 11 is 0. The van der Waals surface area contributed by atoms with Crippen molar-refractivity contribution < 1.29 is 9.32 Å². The number of carbonyl (C=O) groups is 1. The smallest absolute Gasteiger partial charge is 0.231 e. The molecule has 2 aromatic heterocycles. The summed E-state index contributed by atoms with van der Waals surface area (Å²) in [6, 6.07) is 5.29. The Labute approximate surface area is 86.1 Å². The van der Waals surface area contributed by atoms with Crippen LogP contribution < -0.4 is 5.32 Å². The molecule has 5 heteroatoms.